The van der Waals surface area contributed by atoms with E-state index in [4.69, 9.17) is 0 Å². The highest BCUT2D eigenvalue weighted by Gasteiger charge is 2.18. The molecule has 0 aliphatic rings. The van der Waals surface area contributed by atoms with Crippen molar-refractivity contribution in [2.24, 2.45) is 0 Å². The smallest absolute Gasteiger partial charge is 0.269 e. The van der Waals surface area contributed by atoms with Crippen LogP contribution in [0.3, 0.4) is 0 Å². The van der Waals surface area contributed by atoms with Crippen LogP contribution in [0.25, 0.3) is 0 Å². The zero-order valence-electron chi connectivity index (χ0n) is 14.2. The van der Waals surface area contributed by atoms with Crippen LogP contribution >= 0.6 is 0 Å². The van der Waals surface area contributed by atoms with Gasteiger partial charge in [0.15, 0.2) is 0 Å². The number of benzene rings is 1. The third-order valence-electron chi connectivity index (χ3n) is 3.40. The number of hydrogen-bond acceptors (Lipinski definition) is 5. The van der Waals surface area contributed by atoms with E-state index < -0.39 is 21.8 Å². The average Bonchev–Trinajstić information content (AvgIpc) is 2.61. The quantitative estimate of drug-likeness (QED) is 0.684. The molecule has 0 aliphatic carbocycles. The van der Waals surface area contributed by atoms with Crippen molar-refractivity contribution in [2.45, 2.75) is 11.4 Å². The van der Waals surface area contributed by atoms with Crippen LogP contribution in [-0.2, 0) is 21.4 Å². The van der Waals surface area contributed by atoms with Gasteiger partial charge in [0.05, 0.1) is 4.90 Å². The predicted molar refractivity (Wildman–Crippen MR) is 93.6 cm³/mol. The summed E-state index contributed by atoms with van der Waals surface area (Å²) in [5, 5.41) is 0. The fourth-order valence-corrected chi connectivity index (χ4v) is 2.94. The Kier molecular flexibility index (Phi) is 5.90. The number of carbonyl (C=O) groups is 2. The van der Waals surface area contributed by atoms with Crippen LogP contribution < -0.4 is 16.4 Å². The molecule has 1 aromatic heterocycles. The van der Waals surface area contributed by atoms with Gasteiger partial charge < -0.3 is 4.57 Å². The molecule has 0 unspecified atom stereocenters. The van der Waals surface area contributed by atoms with Crippen LogP contribution in [0.15, 0.2) is 58.4 Å². The third-order valence-corrected chi connectivity index (χ3v) is 5.21. The monoisotopic (exact) mass is 378 g/mol. The molecule has 0 bridgehead atoms. The van der Waals surface area contributed by atoms with Crippen LogP contribution in [0, 0.1) is 0 Å². The van der Waals surface area contributed by atoms with Crippen molar-refractivity contribution in [3.63, 3.8) is 0 Å². The zero-order valence-corrected chi connectivity index (χ0v) is 15.0. The van der Waals surface area contributed by atoms with E-state index in [1.165, 1.54) is 55.2 Å². The molecule has 0 saturated carbocycles. The molecule has 0 radical (unpaired) electrons. The summed E-state index contributed by atoms with van der Waals surface area (Å²) in [6, 6.07) is 9.87. The molecule has 10 heteroatoms. The number of rotatable bonds is 5. The minimum absolute atomic E-state index is 0.0442. The van der Waals surface area contributed by atoms with E-state index in [9.17, 15) is 22.8 Å². The molecule has 0 saturated heterocycles. The average molecular weight is 378 g/mol. The van der Waals surface area contributed by atoms with Crippen molar-refractivity contribution in [3.05, 3.63) is 64.6 Å². The Morgan fingerprint density at radius 3 is 2.46 bits per heavy atom. The van der Waals surface area contributed by atoms with Crippen molar-refractivity contribution in [1.82, 2.24) is 19.7 Å². The Hall–Kier alpha value is -2.98. The number of nitrogens with zero attached hydrogens (tertiary/aromatic N) is 2. The summed E-state index contributed by atoms with van der Waals surface area (Å²) < 4.78 is 26.4. The maximum atomic E-state index is 12.1. The summed E-state index contributed by atoms with van der Waals surface area (Å²) >= 11 is 0. The number of hydrogen-bond donors (Lipinski definition) is 2. The number of nitrogens with one attached hydrogen (secondary N) is 2. The number of aromatic nitrogens is 1. The topological polar surface area (TPSA) is 118 Å². The molecule has 2 N–H and O–H groups in total. The summed E-state index contributed by atoms with van der Waals surface area (Å²) in [6.07, 6.45) is 1.44. The molecule has 1 aromatic carbocycles. The first-order chi connectivity index (χ1) is 12.2. The van der Waals surface area contributed by atoms with Gasteiger partial charge in [-0.15, -0.1) is 0 Å². The van der Waals surface area contributed by atoms with Crippen LogP contribution in [-0.4, -0.2) is 43.2 Å². The van der Waals surface area contributed by atoms with Gasteiger partial charge >= 0.3 is 0 Å². The summed E-state index contributed by atoms with van der Waals surface area (Å²) in [4.78, 5) is 35.4. The lowest BCUT2D eigenvalue weighted by atomic mass is 10.2. The highest BCUT2D eigenvalue weighted by atomic mass is 32.2. The van der Waals surface area contributed by atoms with Gasteiger partial charge in [-0.25, -0.2) is 12.7 Å². The SMILES string of the molecule is CN(C)S(=O)(=O)c1cccc(C(=O)NNC(=O)Cn2ccccc2=O)c1. The molecule has 0 aliphatic heterocycles. The molecule has 2 aromatic rings. The molecule has 9 nitrogen and oxygen atoms in total. The second-order valence-corrected chi connectivity index (χ2v) is 7.64. The lowest BCUT2D eigenvalue weighted by Crippen LogP contribution is -2.44. The summed E-state index contributed by atoms with van der Waals surface area (Å²) in [6.45, 7) is -0.269. The summed E-state index contributed by atoms with van der Waals surface area (Å²) in [7, 11) is -0.916. The lowest BCUT2D eigenvalue weighted by molar-refractivity contribution is -0.122. The van der Waals surface area contributed by atoms with Crippen molar-refractivity contribution in [3.8, 4) is 0 Å². The van der Waals surface area contributed by atoms with Crippen molar-refractivity contribution < 1.29 is 18.0 Å². The van der Waals surface area contributed by atoms with Crippen molar-refractivity contribution >= 4 is 21.8 Å². The molecule has 2 amide bonds. The number of amides is 2. The van der Waals surface area contributed by atoms with E-state index >= 15 is 0 Å². The maximum Gasteiger partial charge on any atom is 0.269 e. The standard InChI is InChI=1S/C16H18N4O5S/c1-19(2)26(24,25)13-7-5-6-12(10-13)16(23)18-17-14(21)11-20-9-4-3-8-15(20)22/h3-10H,11H2,1-2H3,(H,17,21)(H,18,23). The Balaban J connectivity index is 2.03. The first-order valence-corrected chi connectivity index (χ1v) is 8.93. The van der Waals surface area contributed by atoms with Gasteiger partial charge in [-0.3, -0.25) is 25.2 Å². The minimum Gasteiger partial charge on any atom is -0.306 e. The molecule has 2 rings (SSSR count). The summed E-state index contributed by atoms with van der Waals surface area (Å²) in [5.41, 5.74) is 4.07. The number of pyridine rings is 1. The van der Waals surface area contributed by atoms with E-state index in [0.717, 1.165) is 4.31 Å². The van der Waals surface area contributed by atoms with Gasteiger partial charge in [0.2, 0.25) is 10.0 Å². The number of hydrazine groups is 1. The minimum atomic E-state index is -3.68. The van der Waals surface area contributed by atoms with Crippen LogP contribution in [0.4, 0.5) is 0 Å². The Morgan fingerprint density at radius 2 is 1.81 bits per heavy atom. The largest absolute Gasteiger partial charge is 0.306 e. The van der Waals surface area contributed by atoms with Crippen LogP contribution in [0.1, 0.15) is 10.4 Å². The molecule has 0 atom stereocenters. The van der Waals surface area contributed by atoms with Gasteiger partial charge in [-0.05, 0) is 24.3 Å². The van der Waals surface area contributed by atoms with Gasteiger partial charge in [0, 0.05) is 31.9 Å². The van der Waals surface area contributed by atoms with Gasteiger partial charge in [-0.1, -0.05) is 12.1 Å². The first-order valence-electron chi connectivity index (χ1n) is 7.49. The molecule has 1 heterocycles. The van der Waals surface area contributed by atoms with E-state index in [2.05, 4.69) is 10.9 Å². The predicted octanol–water partition coefficient (Wildman–Crippen LogP) is -0.440. The third kappa shape index (κ3) is 4.55. The molecule has 138 valence electrons. The van der Waals surface area contributed by atoms with Crippen molar-refractivity contribution in [1.29, 1.82) is 0 Å². The summed E-state index contributed by atoms with van der Waals surface area (Å²) in [5.74, 6) is -1.29. The van der Waals surface area contributed by atoms with Crippen molar-refractivity contribution in [2.75, 3.05) is 14.1 Å². The van der Waals surface area contributed by atoms with E-state index in [-0.39, 0.29) is 22.6 Å². The van der Waals surface area contributed by atoms with Gasteiger partial charge in [-0.2, -0.15) is 0 Å². The second-order valence-electron chi connectivity index (χ2n) is 5.48. The lowest BCUT2D eigenvalue weighted by Gasteiger charge is -2.12. The molecular formula is C16H18N4O5S. The number of sulfonamides is 1. The molecular weight excluding hydrogens is 360 g/mol. The van der Waals surface area contributed by atoms with Crippen LogP contribution in [0.2, 0.25) is 0 Å². The highest BCUT2D eigenvalue weighted by Crippen LogP contribution is 2.14. The molecule has 0 spiro atoms. The normalized spacial score (nSPS) is 11.2. The maximum absolute atomic E-state index is 12.1. The molecule has 0 fully saturated rings. The Morgan fingerprint density at radius 1 is 1.08 bits per heavy atom. The first kappa shape index (κ1) is 19.3. The Labute approximate surface area is 150 Å². The van der Waals surface area contributed by atoms with Gasteiger partial charge in [0.1, 0.15) is 6.54 Å². The highest BCUT2D eigenvalue weighted by molar-refractivity contribution is 7.89. The fraction of sp³-hybridized carbons (Fsp3) is 0.188. The fourth-order valence-electron chi connectivity index (χ4n) is 1.99. The zero-order chi connectivity index (χ0) is 19.3. The van der Waals surface area contributed by atoms with E-state index in [1.807, 2.05) is 0 Å². The van der Waals surface area contributed by atoms with E-state index in [1.54, 1.807) is 12.1 Å². The van der Waals surface area contributed by atoms with Gasteiger partial charge in [0.25, 0.3) is 17.4 Å². The Bertz CT molecular complexity index is 982. The van der Waals surface area contributed by atoms with E-state index in [0.29, 0.717) is 0 Å². The van der Waals surface area contributed by atoms with Crippen LogP contribution in [0.5, 0.6) is 0 Å². The molecule has 26 heavy (non-hydrogen) atoms. The number of carbonyl (C=O) groups excluding carboxylic acids is 2. The second kappa shape index (κ2) is 7.93.